The molecule has 1 heterocycles. The number of nitrogens with zero attached hydrogens (tertiary/aromatic N) is 2. The molecule has 0 atom stereocenters. The number of hydrogen-bond acceptors (Lipinski definition) is 5. The lowest BCUT2D eigenvalue weighted by molar-refractivity contribution is -0.134. The largest absolute Gasteiger partial charge is 0.466 e. The number of aldehydes is 1. The van der Waals surface area contributed by atoms with Gasteiger partial charge < -0.3 is 9.64 Å². The van der Waals surface area contributed by atoms with Crippen molar-refractivity contribution in [3.8, 4) is 0 Å². The van der Waals surface area contributed by atoms with Crippen molar-refractivity contribution in [3.05, 3.63) is 65.4 Å². The van der Waals surface area contributed by atoms with Crippen LogP contribution in [0.5, 0.6) is 0 Å². The van der Waals surface area contributed by atoms with Gasteiger partial charge in [-0.25, -0.2) is 9.78 Å². The first kappa shape index (κ1) is 18.4. The summed E-state index contributed by atoms with van der Waals surface area (Å²) in [4.78, 5) is 29.3. The second-order valence-corrected chi connectivity index (χ2v) is 5.83. The lowest BCUT2D eigenvalue weighted by Crippen LogP contribution is -2.31. The second-order valence-electron chi connectivity index (χ2n) is 5.83. The van der Waals surface area contributed by atoms with Crippen LogP contribution in [0.3, 0.4) is 0 Å². The van der Waals surface area contributed by atoms with Crippen LogP contribution in [-0.4, -0.2) is 30.4 Å². The van der Waals surface area contributed by atoms with Crippen molar-refractivity contribution in [1.82, 2.24) is 4.98 Å². The van der Waals surface area contributed by atoms with E-state index in [0.717, 1.165) is 12.1 Å². The fourth-order valence-electron chi connectivity index (χ4n) is 2.39. The number of carbonyl (C=O) groups is 2. The van der Waals surface area contributed by atoms with E-state index in [4.69, 9.17) is 0 Å². The molecule has 25 heavy (non-hydrogen) atoms. The van der Waals surface area contributed by atoms with Crippen LogP contribution in [0.25, 0.3) is 6.08 Å². The first-order valence-electron chi connectivity index (χ1n) is 8.08. The first-order chi connectivity index (χ1) is 12.0. The van der Waals surface area contributed by atoms with E-state index in [1.807, 2.05) is 24.3 Å². The minimum atomic E-state index is -0.492. The van der Waals surface area contributed by atoms with E-state index < -0.39 is 5.97 Å². The lowest BCUT2D eigenvalue weighted by Gasteiger charge is -2.28. The van der Waals surface area contributed by atoms with Crippen LogP contribution in [0.1, 0.15) is 35.5 Å². The smallest absolute Gasteiger partial charge is 0.330 e. The van der Waals surface area contributed by atoms with E-state index in [0.29, 0.717) is 17.8 Å². The molecule has 5 heteroatoms. The lowest BCUT2D eigenvalue weighted by atomic mass is 10.1. The number of ether oxygens (including phenoxy) is 1. The number of anilines is 1. The Hall–Kier alpha value is -2.95. The van der Waals surface area contributed by atoms with Crippen LogP contribution in [0.4, 0.5) is 5.82 Å². The maximum absolute atomic E-state index is 11.3. The van der Waals surface area contributed by atoms with Crippen LogP contribution < -0.4 is 4.90 Å². The Labute approximate surface area is 147 Å². The average molecular weight is 338 g/mol. The molecule has 0 radical (unpaired) electrons. The normalized spacial score (nSPS) is 10.9. The molecular weight excluding hydrogens is 316 g/mol. The minimum Gasteiger partial charge on any atom is -0.466 e. The van der Waals surface area contributed by atoms with Gasteiger partial charge in [-0.15, -0.1) is 0 Å². The van der Waals surface area contributed by atoms with Crippen molar-refractivity contribution in [1.29, 1.82) is 0 Å². The van der Waals surface area contributed by atoms with Crippen LogP contribution in [0, 0.1) is 0 Å². The summed E-state index contributed by atoms with van der Waals surface area (Å²) in [5, 5.41) is 0. The zero-order chi connectivity index (χ0) is 18.2. The van der Waals surface area contributed by atoms with Crippen LogP contribution in [-0.2, 0) is 16.1 Å². The van der Waals surface area contributed by atoms with Crippen molar-refractivity contribution >= 4 is 24.1 Å². The highest BCUT2D eigenvalue weighted by Crippen LogP contribution is 2.20. The molecule has 0 bridgehead atoms. The maximum Gasteiger partial charge on any atom is 0.330 e. The van der Waals surface area contributed by atoms with Crippen molar-refractivity contribution in [2.75, 3.05) is 12.0 Å². The molecule has 0 aliphatic rings. The Morgan fingerprint density at radius 1 is 1.20 bits per heavy atom. The number of methoxy groups -OCH3 is 1. The van der Waals surface area contributed by atoms with E-state index in [1.54, 1.807) is 6.07 Å². The molecule has 0 saturated heterocycles. The summed E-state index contributed by atoms with van der Waals surface area (Å²) in [6.07, 6.45) is 3.49. The molecule has 5 nitrogen and oxygen atoms in total. The molecule has 0 spiro atoms. The van der Waals surface area contributed by atoms with Gasteiger partial charge in [-0.1, -0.05) is 30.3 Å². The van der Waals surface area contributed by atoms with E-state index in [9.17, 15) is 9.59 Å². The van der Waals surface area contributed by atoms with Gasteiger partial charge in [0.2, 0.25) is 0 Å². The summed E-state index contributed by atoms with van der Waals surface area (Å²) in [7, 11) is 1.30. The van der Waals surface area contributed by atoms with Gasteiger partial charge in [0.15, 0.2) is 6.29 Å². The topological polar surface area (TPSA) is 59.5 Å². The molecule has 2 rings (SSSR count). The quantitative estimate of drug-likeness (QED) is 0.439. The fourth-order valence-corrected chi connectivity index (χ4v) is 2.39. The standard InChI is InChI=1S/C20H22N2O3/c1-15(2)22(13-16-7-5-4-6-8-16)19-11-9-17(14-23)18(21-19)10-12-20(24)25-3/h4-12,14-15H,13H2,1-3H3. The van der Waals surface area contributed by atoms with Crippen molar-refractivity contribution < 1.29 is 14.3 Å². The third-order valence-corrected chi connectivity index (χ3v) is 3.76. The molecule has 0 aliphatic carbocycles. The number of hydrogen-bond donors (Lipinski definition) is 0. The molecule has 1 aromatic heterocycles. The third kappa shape index (κ3) is 5.01. The Kier molecular flexibility index (Phi) is 6.46. The van der Waals surface area contributed by atoms with Gasteiger partial charge >= 0.3 is 5.97 Å². The summed E-state index contributed by atoms with van der Waals surface area (Å²) in [6.45, 7) is 4.87. The van der Waals surface area contributed by atoms with Gasteiger partial charge in [0.1, 0.15) is 5.82 Å². The zero-order valence-corrected chi connectivity index (χ0v) is 14.7. The summed E-state index contributed by atoms with van der Waals surface area (Å²) >= 11 is 0. The molecule has 0 N–H and O–H groups in total. The van der Waals surface area contributed by atoms with Gasteiger partial charge in [-0.05, 0) is 37.6 Å². The predicted molar refractivity (Wildman–Crippen MR) is 98.4 cm³/mol. The molecule has 0 amide bonds. The van der Waals surface area contributed by atoms with Gasteiger partial charge in [0.05, 0.1) is 12.8 Å². The molecule has 0 unspecified atom stereocenters. The molecule has 2 aromatic rings. The summed E-state index contributed by atoms with van der Waals surface area (Å²) in [6, 6.07) is 13.9. The number of esters is 1. The molecule has 0 saturated carbocycles. The summed E-state index contributed by atoms with van der Waals surface area (Å²) in [5.74, 6) is 0.253. The maximum atomic E-state index is 11.3. The Balaban J connectivity index is 2.36. The van der Waals surface area contributed by atoms with Crippen LogP contribution >= 0.6 is 0 Å². The van der Waals surface area contributed by atoms with E-state index in [-0.39, 0.29) is 6.04 Å². The SMILES string of the molecule is COC(=O)C=Cc1nc(N(Cc2ccccc2)C(C)C)ccc1C=O. The summed E-state index contributed by atoms with van der Waals surface area (Å²) in [5.41, 5.74) is 2.04. The third-order valence-electron chi connectivity index (χ3n) is 3.76. The molecule has 1 aromatic carbocycles. The fraction of sp³-hybridized carbons (Fsp3) is 0.250. The molecular formula is C20H22N2O3. The average Bonchev–Trinajstić information content (AvgIpc) is 2.64. The number of carbonyl (C=O) groups excluding carboxylic acids is 2. The van der Waals surface area contributed by atoms with Gasteiger partial charge in [-0.2, -0.15) is 0 Å². The zero-order valence-electron chi connectivity index (χ0n) is 14.7. The minimum absolute atomic E-state index is 0.215. The van der Waals surface area contributed by atoms with E-state index >= 15 is 0 Å². The van der Waals surface area contributed by atoms with Crippen LogP contribution in [0.2, 0.25) is 0 Å². The Bertz CT molecular complexity index is 755. The van der Waals surface area contributed by atoms with Gasteiger partial charge in [0, 0.05) is 24.2 Å². The molecule has 0 aliphatic heterocycles. The second kappa shape index (κ2) is 8.78. The first-order valence-corrected chi connectivity index (χ1v) is 8.08. The van der Waals surface area contributed by atoms with Crippen molar-refractivity contribution in [3.63, 3.8) is 0 Å². The monoisotopic (exact) mass is 338 g/mol. The summed E-state index contributed by atoms with van der Waals surface area (Å²) < 4.78 is 4.59. The van der Waals surface area contributed by atoms with E-state index in [2.05, 4.69) is 40.6 Å². The molecule has 0 fully saturated rings. The number of aromatic nitrogens is 1. The van der Waals surface area contributed by atoms with Gasteiger partial charge in [0.25, 0.3) is 0 Å². The van der Waals surface area contributed by atoms with Crippen molar-refractivity contribution in [2.24, 2.45) is 0 Å². The Morgan fingerprint density at radius 3 is 2.52 bits per heavy atom. The highest BCUT2D eigenvalue weighted by molar-refractivity contribution is 5.89. The predicted octanol–water partition coefficient (Wildman–Crippen LogP) is 3.50. The Morgan fingerprint density at radius 2 is 1.92 bits per heavy atom. The highest BCUT2D eigenvalue weighted by Gasteiger charge is 2.14. The van der Waals surface area contributed by atoms with Crippen LogP contribution in [0.15, 0.2) is 48.5 Å². The van der Waals surface area contributed by atoms with E-state index in [1.165, 1.54) is 24.8 Å². The molecule has 130 valence electrons. The van der Waals surface area contributed by atoms with Gasteiger partial charge in [-0.3, -0.25) is 4.79 Å². The highest BCUT2D eigenvalue weighted by atomic mass is 16.5. The van der Waals surface area contributed by atoms with Crippen molar-refractivity contribution in [2.45, 2.75) is 26.4 Å². The number of benzene rings is 1. The number of rotatable bonds is 7. The number of pyridine rings is 1.